The molecule has 4 heterocycles. The number of fused-ring (bicyclic) bond motifs is 3. The Kier molecular flexibility index (Phi) is 5.46. The Morgan fingerprint density at radius 3 is 2.56 bits per heavy atom. The van der Waals surface area contributed by atoms with Crippen molar-refractivity contribution in [2.75, 3.05) is 0 Å². The smallest absolute Gasteiger partial charge is 0.180 e. The Hall–Kier alpha value is -2.86. The number of pyridine rings is 3. The third-order valence-electron chi connectivity index (χ3n) is 4.20. The fourth-order valence-electron chi connectivity index (χ4n) is 2.92. The molecule has 4 rings (SSSR count). The predicted molar refractivity (Wildman–Crippen MR) is 107 cm³/mol. The molecule has 0 aliphatic carbocycles. The molecule has 0 N–H and O–H groups in total. The van der Waals surface area contributed by atoms with Crippen LogP contribution < -0.4 is 0 Å². The lowest BCUT2D eigenvalue weighted by Gasteiger charge is -2.10. The lowest BCUT2D eigenvalue weighted by molar-refractivity contribution is 0.0983. The highest BCUT2D eigenvalue weighted by Crippen LogP contribution is 2.30. The molecule has 27 heavy (non-hydrogen) atoms. The normalized spacial score (nSPS) is 10.7. The predicted octanol–water partition coefficient (Wildman–Crippen LogP) is 4.92. The van der Waals surface area contributed by atoms with Crippen LogP contribution in [-0.4, -0.2) is 30.3 Å². The molecule has 0 amide bonds. The van der Waals surface area contributed by atoms with Gasteiger partial charge in [0.15, 0.2) is 11.4 Å². The third-order valence-corrected chi connectivity index (χ3v) is 4.41. The van der Waals surface area contributed by atoms with E-state index in [0.29, 0.717) is 22.9 Å². The largest absolute Gasteiger partial charge is 0.292 e. The lowest BCUT2D eigenvalue weighted by atomic mass is 10.0. The average molecular weight is 382 g/mol. The zero-order valence-corrected chi connectivity index (χ0v) is 16.4. The summed E-state index contributed by atoms with van der Waals surface area (Å²) in [5, 5.41) is 5.60. The van der Waals surface area contributed by atoms with Gasteiger partial charge in [-0.25, -0.2) is 14.5 Å². The monoisotopic (exact) mass is 381 g/mol. The van der Waals surface area contributed by atoms with Crippen LogP contribution in [0.25, 0.3) is 27.7 Å². The lowest BCUT2D eigenvalue weighted by Crippen LogP contribution is -2.02. The first-order valence-corrected chi connectivity index (χ1v) is 9.24. The van der Waals surface area contributed by atoms with Crippen LogP contribution in [-0.2, 0) is 0 Å². The number of nitrogens with zero attached hydrogens (tertiary/aromatic N) is 5. The minimum atomic E-state index is 0.0274. The summed E-state index contributed by atoms with van der Waals surface area (Å²) in [4.78, 5) is 24.7. The SMILES string of the molecule is CC.CCC(=O)c1cc(C)c(-c2cc3cnc(Cl)cc3n3ncnc23)cn1. The fraction of sp³-hybridized carbons (Fsp3) is 0.250. The molecule has 0 bridgehead atoms. The van der Waals surface area contributed by atoms with Gasteiger partial charge in [0.2, 0.25) is 0 Å². The summed E-state index contributed by atoms with van der Waals surface area (Å²) in [7, 11) is 0. The summed E-state index contributed by atoms with van der Waals surface area (Å²) < 4.78 is 1.74. The molecule has 0 aromatic carbocycles. The van der Waals surface area contributed by atoms with E-state index in [-0.39, 0.29) is 5.78 Å². The van der Waals surface area contributed by atoms with E-state index < -0.39 is 0 Å². The van der Waals surface area contributed by atoms with E-state index in [9.17, 15) is 4.79 Å². The standard InChI is InChI=1S/C18H14ClN5O.C2H6/c1-3-16(25)14-4-10(2)13(8-20-14)12-5-11-7-21-17(19)6-15(11)24-18(12)22-9-23-24;1-2/h4-9H,3H2,1-2H3;1-2H3. The third kappa shape index (κ3) is 3.40. The molecule has 7 heteroatoms. The highest BCUT2D eigenvalue weighted by molar-refractivity contribution is 6.30. The molecule has 0 atom stereocenters. The van der Waals surface area contributed by atoms with E-state index in [1.165, 1.54) is 6.33 Å². The van der Waals surface area contributed by atoms with E-state index >= 15 is 0 Å². The van der Waals surface area contributed by atoms with Crippen LogP contribution in [0.5, 0.6) is 0 Å². The van der Waals surface area contributed by atoms with Gasteiger partial charge in [-0.1, -0.05) is 32.4 Å². The van der Waals surface area contributed by atoms with Gasteiger partial charge in [-0.15, -0.1) is 0 Å². The van der Waals surface area contributed by atoms with Gasteiger partial charge in [0.1, 0.15) is 17.2 Å². The number of ketones is 1. The molecule has 0 aliphatic heterocycles. The maximum Gasteiger partial charge on any atom is 0.180 e. The summed E-state index contributed by atoms with van der Waals surface area (Å²) >= 11 is 6.01. The molecular weight excluding hydrogens is 362 g/mol. The van der Waals surface area contributed by atoms with Crippen LogP contribution in [0.4, 0.5) is 0 Å². The molecule has 0 saturated carbocycles. The Bertz CT molecular complexity index is 1140. The van der Waals surface area contributed by atoms with Crippen molar-refractivity contribution in [3.8, 4) is 11.1 Å². The quantitative estimate of drug-likeness (QED) is 0.372. The molecule has 0 saturated heterocycles. The van der Waals surface area contributed by atoms with E-state index in [1.54, 1.807) is 23.0 Å². The number of halogens is 1. The number of Topliss-reactive ketones (excluding diaryl/α,β-unsaturated/α-hetero) is 1. The van der Waals surface area contributed by atoms with Crippen molar-refractivity contribution in [2.45, 2.75) is 34.1 Å². The van der Waals surface area contributed by atoms with Crippen LogP contribution in [0.1, 0.15) is 43.2 Å². The van der Waals surface area contributed by atoms with Crippen LogP contribution in [0.3, 0.4) is 0 Å². The van der Waals surface area contributed by atoms with Gasteiger partial charge in [-0.05, 0) is 24.6 Å². The average Bonchev–Trinajstić information content (AvgIpc) is 3.19. The first kappa shape index (κ1) is 18.9. The summed E-state index contributed by atoms with van der Waals surface area (Å²) in [6, 6.07) is 5.57. The topological polar surface area (TPSA) is 73.0 Å². The summed E-state index contributed by atoms with van der Waals surface area (Å²) in [5.41, 5.74) is 4.76. The van der Waals surface area contributed by atoms with Gasteiger partial charge in [-0.3, -0.25) is 9.78 Å². The molecule has 138 valence electrons. The van der Waals surface area contributed by atoms with Gasteiger partial charge in [0, 0.05) is 41.4 Å². The van der Waals surface area contributed by atoms with Crippen molar-refractivity contribution < 1.29 is 4.79 Å². The Balaban J connectivity index is 0.00000102. The molecule has 6 nitrogen and oxygen atoms in total. The first-order chi connectivity index (χ1) is 13.1. The second-order valence-electron chi connectivity index (χ2n) is 5.78. The zero-order chi connectivity index (χ0) is 19.6. The minimum absolute atomic E-state index is 0.0274. The van der Waals surface area contributed by atoms with E-state index in [4.69, 9.17) is 11.6 Å². The second-order valence-corrected chi connectivity index (χ2v) is 6.17. The molecular formula is C20H20ClN5O. The van der Waals surface area contributed by atoms with Crippen molar-refractivity contribution in [3.63, 3.8) is 0 Å². The zero-order valence-electron chi connectivity index (χ0n) is 15.7. The minimum Gasteiger partial charge on any atom is -0.292 e. The molecule has 0 spiro atoms. The number of carbonyl (C=O) groups is 1. The molecule has 0 fully saturated rings. The van der Waals surface area contributed by atoms with Gasteiger partial charge in [0.25, 0.3) is 0 Å². The van der Waals surface area contributed by atoms with Gasteiger partial charge < -0.3 is 0 Å². The van der Waals surface area contributed by atoms with Crippen molar-refractivity contribution in [1.82, 2.24) is 24.6 Å². The Morgan fingerprint density at radius 1 is 1.07 bits per heavy atom. The number of hydrogen-bond acceptors (Lipinski definition) is 5. The summed E-state index contributed by atoms with van der Waals surface area (Å²) in [6.45, 7) is 7.79. The van der Waals surface area contributed by atoms with Gasteiger partial charge in [0.05, 0.1) is 5.52 Å². The van der Waals surface area contributed by atoms with Crippen LogP contribution in [0.2, 0.25) is 5.15 Å². The second kappa shape index (κ2) is 7.80. The number of aryl methyl sites for hydroxylation is 1. The molecule has 4 aromatic rings. The van der Waals surface area contributed by atoms with Crippen LogP contribution >= 0.6 is 11.6 Å². The van der Waals surface area contributed by atoms with Crippen molar-refractivity contribution >= 4 is 33.9 Å². The van der Waals surface area contributed by atoms with Gasteiger partial charge in [-0.2, -0.15) is 5.10 Å². The van der Waals surface area contributed by atoms with Crippen molar-refractivity contribution in [1.29, 1.82) is 0 Å². The number of carbonyl (C=O) groups excluding carboxylic acids is 1. The number of aromatic nitrogens is 5. The van der Waals surface area contributed by atoms with E-state index in [2.05, 4.69) is 20.1 Å². The number of rotatable bonds is 3. The summed E-state index contributed by atoms with van der Waals surface area (Å²) in [5.74, 6) is 0.0274. The number of hydrogen-bond donors (Lipinski definition) is 0. The molecule has 0 unspecified atom stereocenters. The van der Waals surface area contributed by atoms with E-state index in [1.807, 2.05) is 39.8 Å². The first-order valence-electron chi connectivity index (χ1n) is 8.86. The maximum absolute atomic E-state index is 11.9. The summed E-state index contributed by atoms with van der Waals surface area (Å²) in [6.07, 6.45) is 5.37. The Labute approximate surface area is 162 Å². The van der Waals surface area contributed by atoms with Crippen LogP contribution in [0.15, 0.2) is 36.9 Å². The fourth-order valence-corrected chi connectivity index (χ4v) is 3.07. The molecule has 4 aromatic heterocycles. The van der Waals surface area contributed by atoms with E-state index in [0.717, 1.165) is 27.6 Å². The highest BCUT2D eigenvalue weighted by Gasteiger charge is 2.15. The molecule has 0 aliphatic rings. The molecule has 0 radical (unpaired) electrons. The highest BCUT2D eigenvalue weighted by atomic mass is 35.5. The van der Waals surface area contributed by atoms with Crippen LogP contribution in [0, 0.1) is 6.92 Å². The van der Waals surface area contributed by atoms with Gasteiger partial charge >= 0.3 is 0 Å². The van der Waals surface area contributed by atoms with Crippen molar-refractivity contribution in [2.24, 2.45) is 0 Å². The van der Waals surface area contributed by atoms with Crippen molar-refractivity contribution in [3.05, 3.63) is 53.3 Å². The Morgan fingerprint density at radius 2 is 1.85 bits per heavy atom. The maximum atomic E-state index is 11.9.